The Morgan fingerprint density at radius 2 is 2.10 bits per heavy atom. The zero-order valence-electron chi connectivity index (χ0n) is 11.4. The number of anilines is 1. The third kappa shape index (κ3) is 3.47. The summed E-state index contributed by atoms with van der Waals surface area (Å²) in [5.41, 5.74) is 2.42. The van der Waals surface area contributed by atoms with Gasteiger partial charge in [0.1, 0.15) is 0 Å². The third-order valence-corrected chi connectivity index (χ3v) is 3.59. The molecule has 0 unspecified atom stereocenters. The largest absolute Gasteiger partial charge is 0.309 e. The van der Waals surface area contributed by atoms with Gasteiger partial charge >= 0.3 is 0 Å². The predicted octanol–water partition coefficient (Wildman–Crippen LogP) is 3.25. The molecule has 2 aromatic rings. The number of amides is 1. The number of rotatable bonds is 6. The summed E-state index contributed by atoms with van der Waals surface area (Å²) >= 11 is 0. The summed E-state index contributed by atoms with van der Waals surface area (Å²) in [6.45, 7) is 0. The lowest BCUT2D eigenvalue weighted by Gasteiger charge is -2.02. The number of nitrogens with one attached hydrogen (secondary N) is 2. The monoisotopic (exact) mass is 269 g/mol. The molecule has 1 saturated carbocycles. The molecule has 20 heavy (non-hydrogen) atoms. The first-order valence-electron chi connectivity index (χ1n) is 7.20. The highest BCUT2D eigenvalue weighted by Gasteiger charge is 2.25. The van der Waals surface area contributed by atoms with Crippen LogP contribution in [-0.4, -0.2) is 16.1 Å². The Balaban J connectivity index is 1.42. The summed E-state index contributed by atoms with van der Waals surface area (Å²) in [5, 5.41) is 9.97. The second-order valence-electron chi connectivity index (χ2n) is 5.37. The number of H-pyrrole nitrogens is 1. The predicted molar refractivity (Wildman–Crippen MR) is 78.6 cm³/mol. The topological polar surface area (TPSA) is 57.8 Å². The highest BCUT2D eigenvalue weighted by molar-refractivity contribution is 5.89. The van der Waals surface area contributed by atoms with Crippen molar-refractivity contribution in [2.45, 2.75) is 38.0 Å². The molecule has 0 radical (unpaired) electrons. The van der Waals surface area contributed by atoms with E-state index in [-0.39, 0.29) is 5.91 Å². The summed E-state index contributed by atoms with van der Waals surface area (Å²) < 4.78 is 0. The van der Waals surface area contributed by atoms with Gasteiger partial charge in [0, 0.05) is 24.1 Å². The molecule has 1 aromatic heterocycles. The Hall–Kier alpha value is -2.10. The molecule has 0 atom stereocenters. The molecule has 0 spiro atoms. The first-order valence-corrected chi connectivity index (χ1v) is 7.20. The Labute approximate surface area is 118 Å². The molecular weight excluding hydrogens is 250 g/mol. The van der Waals surface area contributed by atoms with Gasteiger partial charge in [-0.15, -0.1) is 0 Å². The Morgan fingerprint density at radius 3 is 2.85 bits per heavy atom. The molecule has 1 fully saturated rings. The third-order valence-electron chi connectivity index (χ3n) is 3.59. The second-order valence-corrected chi connectivity index (χ2v) is 5.37. The maximum absolute atomic E-state index is 11.8. The smallest absolute Gasteiger partial charge is 0.225 e. The number of benzene rings is 1. The number of carbonyl (C=O) groups is 1. The molecule has 1 aliphatic rings. The van der Waals surface area contributed by atoms with Crippen molar-refractivity contribution >= 4 is 11.7 Å². The minimum Gasteiger partial charge on any atom is -0.309 e. The van der Waals surface area contributed by atoms with Gasteiger partial charge in [0.15, 0.2) is 5.82 Å². The fraction of sp³-hybridized carbons (Fsp3) is 0.375. The van der Waals surface area contributed by atoms with Gasteiger partial charge in [-0.05, 0) is 31.2 Å². The van der Waals surface area contributed by atoms with Crippen LogP contribution in [0.5, 0.6) is 0 Å². The summed E-state index contributed by atoms with van der Waals surface area (Å²) in [4.78, 5) is 11.8. The van der Waals surface area contributed by atoms with Crippen LogP contribution in [0.2, 0.25) is 0 Å². The summed E-state index contributed by atoms with van der Waals surface area (Å²) in [7, 11) is 0. The van der Waals surface area contributed by atoms with E-state index in [2.05, 4.69) is 27.6 Å². The van der Waals surface area contributed by atoms with E-state index in [1.165, 1.54) is 18.4 Å². The van der Waals surface area contributed by atoms with Crippen molar-refractivity contribution in [1.29, 1.82) is 0 Å². The molecule has 4 nitrogen and oxygen atoms in total. The van der Waals surface area contributed by atoms with Crippen LogP contribution in [-0.2, 0) is 11.2 Å². The molecule has 3 rings (SSSR count). The standard InChI is InChI=1S/C16H19N3O/c20-16(8-4-7-12-5-2-1-3-6-12)17-15-11-14(18-19-15)13-9-10-13/h1-3,5-6,11,13H,4,7-10H2,(H2,17,18,19,20). The van der Waals surface area contributed by atoms with Gasteiger partial charge < -0.3 is 5.32 Å². The lowest BCUT2D eigenvalue weighted by Crippen LogP contribution is -2.11. The van der Waals surface area contributed by atoms with Crippen molar-refractivity contribution < 1.29 is 4.79 Å². The van der Waals surface area contributed by atoms with E-state index in [1.807, 2.05) is 24.3 Å². The van der Waals surface area contributed by atoms with E-state index in [0.717, 1.165) is 18.5 Å². The van der Waals surface area contributed by atoms with Gasteiger partial charge in [-0.1, -0.05) is 30.3 Å². The highest BCUT2D eigenvalue weighted by Crippen LogP contribution is 2.39. The van der Waals surface area contributed by atoms with Crippen molar-refractivity contribution in [3.05, 3.63) is 47.7 Å². The molecule has 4 heteroatoms. The molecule has 0 saturated heterocycles. The maximum Gasteiger partial charge on any atom is 0.225 e. The number of aromatic amines is 1. The lowest BCUT2D eigenvalue weighted by atomic mass is 10.1. The summed E-state index contributed by atoms with van der Waals surface area (Å²) in [5.74, 6) is 1.32. The van der Waals surface area contributed by atoms with Gasteiger partial charge in [-0.2, -0.15) is 5.10 Å². The summed E-state index contributed by atoms with van der Waals surface area (Å²) in [6, 6.07) is 12.2. The highest BCUT2D eigenvalue weighted by atomic mass is 16.1. The number of carbonyl (C=O) groups excluding carboxylic acids is 1. The Morgan fingerprint density at radius 1 is 1.30 bits per heavy atom. The van der Waals surface area contributed by atoms with Crippen LogP contribution in [0.1, 0.15) is 42.9 Å². The first-order chi connectivity index (χ1) is 9.81. The maximum atomic E-state index is 11.8. The fourth-order valence-corrected chi connectivity index (χ4v) is 2.31. The van der Waals surface area contributed by atoms with Crippen molar-refractivity contribution in [1.82, 2.24) is 10.2 Å². The average molecular weight is 269 g/mol. The number of nitrogens with zero attached hydrogens (tertiary/aromatic N) is 1. The van der Waals surface area contributed by atoms with Crippen LogP contribution in [0.4, 0.5) is 5.82 Å². The molecule has 0 aliphatic heterocycles. The van der Waals surface area contributed by atoms with E-state index in [9.17, 15) is 4.79 Å². The molecule has 1 aliphatic carbocycles. The molecule has 104 valence electrons. The van der Waals surface area contributed by atoms with Crippen LogP contribution < -0.4 is 5.32 Å². The van der Waals surface area contributed by atoms with Gasteiger partial charge in [0.05, 0.1) is 0 Å². The van der Waals surface area contributed by atoms with Crippen molar-refractivity contribution in [3.63, 3.8) is 0 Å². The van der Waals surface area contributed by atoms with Crippen LogP contribution in [0, 0.1) is 0 Å². The van der Waals surface area contributed by atoms with Crippen LogP contribution >= 0.6 is 0 Å². The van der Waals surface area contributed by atoms with Gasteiger partial charge in [-0.3, -0.25) is 9.89 Å². The molecular formula is C16H19N3O. The van der Waals surface area contributed by atoms with Gasteiger partial charge in [0.2, 0.25) is 5.91 Å². The van der Waals surface area contributed by atoms with Crippen molar-refractivity contribution in [2.75, 3.05) is 5.32 Å². The Bertz CT molecular complexity index is 572. The van der Waals surface area contributed by atoms with Crippen molar-refractivity contribution in [3.8, 4) is 0 Å². The number of hydrogen-bond donors (Lipinski definition) is 2. The lowest BCUT2D eigenvalue weighted by molar-refractivity contribution is -0.116. The minimum absolute atomic E-state index is 0.0368. The van der Waals surface area contributed by atoms with Crippen LogP contribution in [0.25, 0.3) is 0 Å². The van der Waals surface area contributed by atoms with Crippen LogP contribution in [0.15, 0.2) is 36.4 Å². The van der Waals surface area contributed by atoms with E-state index >= 15 is 0 Å². The molecule has 2 N–H and O–H groups in total. The van der Waals surface area contributed by atoms with Crippen LogP contribution in [0.3, 0.4) is 0 Å². The minimum atomic E-state index is 0.0368. The zero-order chi connectivity index (χ0) is 13.8. The SMILES string of the molecule is O=C(CCCc1ccccc1)Nc1cc(C2CC2)[nH]n1. The number of hydrogen-bond acceptors (Lipinski definition) is 2. The Kier molecular flexibility index (Phi) is 3.81. The van der Waals surface area contributed by atoms with E-state index in [1.54, 1.807) is 0 Å². The first kappa shape index (κ1) is 12.9. The number of aromatic nitrogens is 2. The zero-order valence-corrected chi connectivity index (χ0v) is 11.4. The van der Waals surface area contributed by atoms with Crippen molar-refractivity contribution in [2.24, 2.45) is 0 Å². The summed E-state index contributed by atoms with van der Waals surface area (Å²) in [6.07, 6.45) is 4.78. The average Bonchev–Trinajstić information content (AvgIpc) is 3.21. The molecule has 0 bridgehead atoms. The molecule has 1 aromatic carbocycles. The number of aryl methyl sites for hydroxylation is 1. The fourth-order valence-electron chi connectivity index (χ4n) is 2.31. The molecule has 1 amide bonds. The normalized spacial score (nSPS) is 14.2. The van der Waals surface area contributed by atoms with E-state index < -0.39 is 0 Å². The van der Waals surface area contributed by atoms with Gasteiger partial charge in [-0.25, -0.2) is 0 Å². The molecule has 1 heterocycles. The van der Waals surface area contributed by atoms with E-state index in [4.69, 9.17) is 0 Å². The van der Waals surface area contributed by atoms with E-state index in [0.29, 0.717) is 18.2 Å². The second kappa shape index (κ2) is 5.90. The quantitative estimate of drug-likeness (QED) is 0.845. The van der Waals surface area contributed by atoms with Gasteiger partial charge in [0.25, 0.3) is 0 Å².